The molecule has 0 radical (unpaired) electrons. The van der Waals surface area contributed by atoms with Crippen LogP contribution < -0.4 is 9.73 Å². The van der Waals surface area contributed by atoms with Gasteiger partial charge in [-0.1, -0.05) is 55.5 Å². The summed E-state index contributed by atoms with van der Waals surface area (Å²) >= 11 is 0. The molecule has 3 aromatic carbocycles. The lowest BCUT2D eigenvalue weighted by atomic mass is 10.1. The van der Waals surface area contributed by atoms with E-state index in [4.69, 9.17) is 0 Å². The fourth-order valence-corrected chi connectivity index (χ4v) is 5.81. The van der Waals surface area contributed by atoms with Gasteiger partial charge in [0.2, 0.25) is 0 Å². The van der Waals surface area contributed by atoms with Crippen molar-refractivity contribution in [1.29, 1.82) is 0 Å². The second kappa shape index (κ2) is 11.4. The second-order valence-electron chi connectivity index (χ2n) is 8.71. The van der Waals surface area contributed by atoms with Gasteiger partial charge in [0.15, 0.2) is 0 Å². The Labute approximate surface area is 222 Å². The summed E-state index contributed by atoms with van der Waals surface area (Å²) in [6.45, 7) is 5.15. The molecule has 0 aliphatic rings. The monoisotopic (exact) mass is 532 g/mol. The molecule has 7 nitrogen and oxygen atoms in total. The highest BCUT2D eigenvalue weighted by atomic mass is 32.2. The lowest BCUT2D eigenvalue weighted by molar-refractivity contribution is -0.119. The van der Waals surface area contributed by atoms with Gasteiger partial charge >= 0.3 is 0 Å². The summed E-state index contributed by atoms with van der Waals surface area (Å²) in [5.41, 5.74) is 6.33. The molecule has 1 amide bonds. The predicted molar refractivity (Wildman–Crippen MR) is 148 cm³/mol. The number of aromatic nitrogens is 1. The molecule has 196 valence electrons. The van der Waals surface area contributed by atoms with Crippen LogP contribution in [0.4, 0.5) is 10.1 Å². The van der Waals surface area contributed by atoms with Crippen molar-refractivity contribution in [3.05, 3.63) is 113 Å². The number of aryl methyl sites for hydroxylation is 2. The van der Waals surface area contributed by atoms with Gasteiger partial charge in [0.25, 0.3) is 15.9 Å². The van der Waals surface area contributed by atoms with Gasteiger partial charge in [0.1, 0.15) is 12.4 Å². The molecule has 0 fully saturated rings. The number of rotatable bonds is 9. The van der Waals surface area contributed by atoms with Gasteiger partial charge in [-0.3, -0.25) is 9.10 Å². The lowest BCUT2D eigenvalue weighted by Gasteiger charge is -2.25. The van der Waals surface area contributed by atoms with E-state index < -0.39 is 22.5 Å². The summed E-state index contributed by atoms with van der Waals surface area (Å²) in [7, 11) is -4.02. The molecule has 1 N–H and O–H groups in total. The van der Waals surface area contributed by atoms with Crippen LogP contribution in [0.3, 0.4) is 0 Å². The number of benzene rings is 3. The van der Waals surface area contributed by atoms with Crippen LogP contribution in [-0.2, 0) is 21.2 Å². The minimum atomic E-state index is -4.02. The molecule has 0 aliphatic carbocycles. The molecule has 38 heavy (non-hydrogen) atoms. The predicted octanol–water partition coefficient (Wildman–Crippen LogP) is 5.14. The van der Waals surface area contributed by atoms with Gasteiger partial charge in [0, 0.05) is 17.0 Å². The van der Waals surface area contributed by atoms with E-state index >= 15 is 0 Å². The first-order chi connectivity index (χ1) is 18.2. The maximum atomic E-state index is 14.4. The molecule has 0 unspecified atom stereocenters. The van der Waals surface area contributed by atoms with Gasteiger partial charge in [-0.15, -0.1) is 0 Å². The van der Waals surface area contributed by atoms with Gasteiger partial charge in [-0.05, 0) is 62.2 Å². The molecule has 1 heterocycles. The molecule has 4 rings (SSSR count). The molecule has 1 aromatic heterocycles. The molecule has 0 aliphatic heterocycles. The Morgan fingerprint density at radius 2 is 1.66 bits per heavy atom. The van der Waals surface area contributed by atoms with Crippen LogP contribution in [0.25, 0.3) is 5.69 Å². The number of amides is 1. The number of sulfonamides is 1. The van der Waals surface area contributed by atoms with E-state index in [0.29, 0.717) is 23.4 Å². The Balaban J connectivity index is 1.58. The molecule has 0 spiro atoms. The second-order valence-corrected chi connectivity index (χ2v) is 10.6. The Hall–Kier alpha value is -4.24. The molecule has 4 aromatic rings. The maximum Gasteiger partial charge on any atom is 0.264 e. The van der Waals surface area contributed by atoms with E-state index in [0.717, 1.165) is 21.3 Å². The topological polar surface area (TPSA) is 83.8 Å². The van der Waals surface area contributed by atoms with Crippen molar-refractivity contribution >= 4 is 27.8 Å². The van der Waals surface area contributed by atoms with Crippen molar-refractivity contribution in [2.24, 2.45) is 5.10 Å². The molecule has 9 heteroatoms. The first-order valence-corrected chi connectivity index (χ1v) is 13.6. The molecule has 0 atom stereocenters. The fourth-order valence-electron chi connectivity index (χ4n) is 4.33. The van der Waals surface area contributed by atoms with Gasteiger partial charge in [0.05, 0.1) is 22.5 Å². The van der Waals surface area contributed by atoms with Crippen LogP contribution in [0, 0.1) is 19.7 Å². The van der Waals surface area contributed by atoms with E-state index in [1.54, 1.807) is 53.1 Å². The van der Waals surface area contributed by atoms with Crippen molar-refractivity contribution in [2.45, 2.75) is 32.1 Å². The number of halogens is 1. The minimum absolute atomic E-state index is 0.0859. The normalized spacial score (nSPS) is 11.6. The number of hydrogen-bond donors (Lipinski definition) is 1. The SMILES string of the molecule is CCc1ccccc1N(CC(=O)N/N=C\c1cc(C)n(-c2ccccc2F)c1C)S(=O)(=O)c1ccccc1. The van der Waals surface area contributed by atoms with E-state index in [2.05, 4.69) is 10.5 Å². The van der Waals surface area contributed by atoms with E-state index in [9.17, 15) is 17.6 Å². The van der Waals surface area contributed by atoms with E-state index in [1.807, 2.05) is 39.0 Å². The summed E-state index contributed by atoms with van der Waals surface area (Å²) in [5, 5.41) is 4.06. The number of hydrogen-bond acceptors (Lipinski definition) is 4. The highest BCUT2D eigenvalue weighted by Gasteiger charge is 2.28. The Kier molecular flexibility index (Phi) is 8.07. The number of para-hydroxylation sites is 2. The zero-order chi connectivity index (χ0) is 27.3. The standard InChI is InChI=1S/C29H29FN4O3S/c1-4-23-12-8-10-16-27(23)33(38(36,37)25-13-6-5-7-14-25)20-29(35)32-31-19-24-18-21(2)34(22(24)3)28-17-11-9-15-26(28)30/h5-19H,4,20H2,1-3H3,(H,32,35)/b31-19-. The van der Waals surface area contributed by atoms with Crippen LogP contribution in [0.15, 0.2) is 94.9 Å². The number of carbonyl (C=O) groups excluding carboxylic acids is 1. The van der Waals surface area contributed by atoms with Crippen LogP contribution >= 0.6 is 0 Å². The zero-order valence-corrected chi connectivity index (χ0v) is 22.2. The average molecular weight is 533 g/mol. The smallest absolute Gasteiger partial charge is 0.264 e. The highest BCUT2D eigenvalue weighted by molar-refractivity contribution is 7.92. The molecule has 0 bridgehead atoms. The van der Waals surface area contributed by atoms with Crippen molar-refractivity contribution in [3.63, 3.8) is 0 Å². The maximum absolute atomic E-state index is 14.4. The zero-order valence-electron chi connectivity index (χ0n) is 21.4. The van der Waals surface area contributed by atoms with Gasteiger partial charge in [-0.25, -0.2) is 18.2 Å². The summed E-state index contributed by atoms with van der Waals surface area (Å²) in [5.74, 6) is -0.951. The quantitative estimate of drug-likeness (QED) is 0.239. The third-order valence-corrected chi connectivity index (χ3v) is 7.99. The Morgan fingerprint density at radius 1 is 1.00 bits per heavy atom. The highest BCUT2D eigenvalue weighted by Crippen LogP contribution is 2.27. The lowest BCUT2D eigenvalue weighted by Crippen LogP contribution is -2.40. The largest absolute Gasteiger partial charge is 0.315 e. The van der Waals surface area contributed by atoms with Crippen LogP contribution in [0.1, 0.15) is 29.4 Å². The van der Waals surface area contributed by atoms with Crippen LogP contribution in [0.2, 0.25) is 0 Å². The summed E-state index contributed by atoms with van der Waals surface area (Å²) in [6.07, 6.45) is 2.06. The van der Waals surface area contributed by atoms with Crippen LogP contribution in [-0.4, -0.2) is 31.7 Å². The van der Waals surface area contributed by atoms with Crippen molar-refractivity contribution in [2.75, 3.05) is 10.8 Å². The molecule has 0 saturated carbocycles. The van der Waals surface area contributed by atoms with Crippen LogP contribution in [0.5, 0.6) is 0 Å². The third-order valence-electron chi connectivity index (χ3n) is 6.22. The number of carbonyl (C=O) groups is 1. The van der Waals surface area contributed by atoms with Crippen molar-refractivity contribution in [3.8, 4) is 5.69 Å². The number of hydrazone groups is 1. The Bertz CT molecular complexity index is 1580. The van der Waals surface area contributed by atoms with Gasteiger partial charge in [-0.2, -0.15) is 5.10 Å². The summed E-state index contributed by atoms with van der Waals surface area (Å²) in [4.78, 5) is 13.0. The minimum Gasteiger partial charge on any atom is -0.315 e. The molecule has 0 saturated heterocycles. The number of nitrogens with zero attached hydrogens (tertiary/aromatic N) is 3. The summed E-state index contributed by atoms with van der Waals surface area (Å²) < 4.78 is 44.4. The van der Waals surface area contributed by atoms with E-state index in [-0.39, 0.29) is 10.7 Å². The first-order valence-electron chi connectivity index (χ1n) is 12.2. The number of nitrogens with one attached hydrogen (secondary N) is 1. The van der Waals surface area contributed by atoms with E-state index in [1.165, 1.54) is 24.4 Å². The van der Waals surface area contributed by atoms with Crippen molar-refractivity contribution in [1.82, 2.24) is 9.99 Å². The fraction of sp³-hybridized carbons (Fsp3) is 0.172. The van der Waals surface area contributed by atoms with Crippen molar-refractivity contribution < 1.29 is 17.6 Å². The molecular weight excluding hydrogens is 503 g/mol. The third kappa shape index (κ3) is 5.52. The molecular formula is C29H29FN4O3S. The van der Waals surface area contributed by atoms with Gasteiger partial charge < -0.3 is 4.57 Å². The Morgan fingerprint density at radius 3 is 2.37 bits per heavy atom. The number of anilines is 1. The summed E-state index contributed by atoms with van der Waals surface area (Å²) in [6, 6.07) is 23.4. The first kappa shape index (κ1) is 26.8. The average Bonchev–Trinajstić information content (AvgIpc) is 3.20.